The Labute approximate surface area is 125 Å². The Hall–Kier alpha value is -1.99. The molecule has 21 heavy (non-hydrogen) atoms. The van der Waals surface area contributed by atoms with E-state index < -0.39 is 0 Å². The molecule has 0 bridgehead atoms. The van der Waals surface area contributed by atoms with E-state index in [1.54, 1.807) is 0 Å². The van der Waals surface area contributed by atoms with Crippen LogP contribution in [0, 0.1) is 18.3 Å². The van der Waals surface area contributed by atoms with Crippen LogP contribution in [0.4, 0.5) is 0 Å². The lowest BCUT2D eigenvalue weighted by Gasteiger charge is -2.30. The van der Waals surface area contributed by atoms with Crippen molar-refractivity contribution in [2.75, 3.05) is 32.8 Å². The van der Waals surface area contributed by atoms with Crippen molar-refractivity contribution in [3.05, 3.63) is 23.8 Å². The number of hydrogen-bond donors (Lipinski definition) is 0. The lowest BCUT2D eigenvalue weighted by molar-refractivity contribution is 0.0848. The van der Waals surface area contributed by atoms with Crippen LogP contribution in [-0.2, 0) is 0 Å². The quantitative estimate of drug-likeness (QED) is 0.629. The van der Waals surface area contributed by atoms with Crippen LogP contribution in [0.2, 0.25) is 0 Å². The van der Waals surface area contributed by atoms with Gasteiger partial charge in [0.25, 0.3) is 0 Å². The molecule has 0 unspecified atom stereocenters. The zero-order valence-corrected chi connectivity index (χ0v) is 12.0. The maximum absolute atomic E-state index is 12.6. The number of carbonyl (C=O) groups excluding carboxylic acids is 1. The molecule has 2 aliphatic rings. The minimum Gasteiger partial charge on any atom is -0.486 e. The van der Waals surface area contributed by atoms with E-state index in [1.807, 2.05) is 18.2 Å². The lowest BCUT2D eigenvalue weighted by atomic mass is 9.88. The molecule has 0 aromatic heterocycles. The van der Waals surface area contributed by atoms with Gasteiger partial charge in [-0.05, 0) is 44.1 Å². The van der Waals surface area contributed by atoms with Crippen molar-refractivity contribution in [3.63, 3.8) is 0 Å². The number of Topliss-reactive ketones (excluding diaryl/α,β-unsaturated/α-hetero) is 1. The highest BCUT2D eigenvalue weighted by Crippen LogP contribution is 2.32. The molecule has 3 rings (SSSR count). The van der Waals surface area contributed by atoms with Crippen LogP contribution in [0.25, 0.3) is 0 Å². The van der Waals surface area contributed by atoms with Crippen LogP contribution >= 0.6 is 0 Å². The molecule has 1 aromatic rings. The van der Waals surface area contributed by atoms with Crippen LogP contribution in [0.1, 0.15) is 23.2 Å². The molecule has 4 heteroatoms. The lowest BCUT2D eigenvalue weighted by Crippen LogP contribution is -2.36. The monoisotopic (exact) mass is 285 g/mol. The van der Waals surface area contributed by atoms with Crippen molar-refractivity contribution in [3.8, 4) is 23.8 Å². The smallest absolute Gasteiger partial charge is 0.166 e. The molecule has 1 fully saturated rings. The molecule has 0 saturated carbocycles. The van der Waals surface area contributed by atoms with Gasteiger partial charge in [0.05, 0.1) is 6.54 Å². The van der Waals surface area contributed by atoms with E-state index >= 15 is 0 Å². The molecule has 0 radical (unpaired) electrons. The summed E-state index contributed by atoms with van der Waals surface area (Å²) in [5.74, 6) is 4.35. The van der Waals surface area contributed by atoms with Crippen molar-refractivity contribution in [1.82, 2.24) is 4.90 Å². The number of piperidine rings is 1. The SMILES string of the molecule is C#CCN1CCC(C(=O)c2ccc3c(c2)OCCO3)CC1. The highest BCUT2D eigenvalue weighted by atomic mass is 16.6. The summed E-state index contributed by atoms with van der Waals surface area (Å²) in [6.07, 6.45) is 7.07. The molecule has 0 spiro atoms. The zero-order chi connectivity index (χ0) is 14.7. The van der Waals surface area contributed by atoms with Crippen LogP contribution < -0.4 is 9.47 Å². The largest absolute Gasteiger partial charge is 0.486 e. The molecule has 2 aliphatic heterocycles. The fourth-order valence-corrected chi connectivity index (χ4v) is 2.91. The van der Waals surface area contributed by atoms with E-state index in [2.05, 4.69) is 10.8 Å². The van der Waals surface area contributed by atoms with Gasteiger partial charge in [-0.1, -0.05) is 5.92 Å². The Morgan fingerprint density at radius 1 is 1.24 bits per heavy atom. The van der Waals surface area contributed by atoms with E-state index in [0.717, 1.165) is 37.2 Å². The third-order valence-corrected chi connectivity index (χ3v) is 4.10. The number of carbonyl (C=O) groups is 1. The van der Waals surface area contributed by atoms with Crippen molar-refractivity contribution >= 4 is 5.78 Å². The summed E-state index contributed by atoms with van der Waals surface area (Å²) in [7, 11) is 0. The number of terminal acetylenes is 1. The fraction of sp³-hybridized carbons (Fsp3) is 0.471. The van der Waals surface area contributed by atoms with E-state index in [1.165, 1.54) is 0 Å². The molecule has 1 aromatic carbocycles. The average Bonchev–Trinajstić information content (AvgIpc) is 2.55. The van der Waals surface area contributed by atoms with E-state index in [-0.39, 0.29) is 11.7 Å². The molecule has 4 nitrogen and oxygen atoms in total. The zero-order valence-electron chi connectivity index (χ0n) is 12.0. The molecule has 1 saturated heterocycles. The number of fused-ring (bicyclic) bond motifs is 1. The Bertz CT molecular complexity index is 568. The summed E-state index contributed by atoms with van der Waals surface area (Å²) in [5, 5.41) is 0. The second-order valence-electron chi connectivity index (χ2n) is 5.48. The van der Waals surface area contributed by atoms with Gasteiger partial charge < -0.3 is 9.47 Å². The predicted octanol–water partition coefficient (Wildman–Crippen LogP) is 1.99. The van der Waals surface area contributed by atoms with Crippen molar-refractivity contribution in [2.24, 2.45) is 5.92 Å². The van der Waals surface area contributed by atoms with Gasteiger partial charge in [-0.15, -0.1) is 6.42 Å². The second kappa shape index (κ2) is 6.19. The number of nitrogens with zero attached hydrogens (tertiary/aromatic N) is 1. The third kappa shape index (κ3) is 3.03. The Morgan fingerprint density at radius 2 is 1.95 bits per heavy atom. The minimum absolute atomic E-state index is 0.0848. The molecule has 2 heterocycles. The molecule has 0 N–H and O–H groups in total. The van der Waals surface area contributed by atoms with E-state index in [9.17, 15) is 4.79 Å². The van der Waals surface area contributed by atoms with Crippen molar-refractivity contribution in [1.29, 1.82) is 0 Å². The van der Waals surface area contributed by atoms with Gasteiger partial charge in [-0.3, -0.25) is 9.69 Å². The molecular weight excluding hydrogens is 266 g/mol. The molecular formula is C17H19NO3. The number of benzene rings is 1. The first-order chi connectivity index (χ1) is 10.3. The van der Waals surface area contributed by atoms with Gasteiger partial charge in [0.1, 0.15) is 13.2 Å². The number of likely N-dealkylation sites (tertiary alicyclic amines) is 1. The molecule has 0 atom stereocenters. The molecule has 110 valence electrons. The number of rotatable bonds is 3. The molecule has 0 amide bonds. The number of ether oxygens (including phenoxy) is 2. The van der Waals surface area contributed by atoms with Gasteiger partial charge in [0.2, 0.25) is 0 Å². The Morgan fingerprint density at radius 3 is 2.67 bits per heavy atom. The second-order valence-corrected chi connectivity index (χ2v) is 5.48. The summed E-state index contributed by atoms with van der Waals surface area (Å²) >= 11 is 0. The first-order valence-electron chi connectivity index (χ1n) is 7.37. The van der Waals surface area contributed by atoms with Crippen molar-refractivity contribution in [2.45, 2.75) is 12.8 Å². The number of ketones is 1. The first kappa shape index (κ1) is 14.0. The summed E-state index contributed by atoms with van der Waals surface area (Å²) in [5.41, 5.74) is 0.717. The number of hydrogen-bond acceptors (Lipinski definition) is 4. The topological polar surface area (TPSA) is 38.8 Å². The molecule has 0 aliphatic carbocycles. The van der Waals surface area contributed by atoms with Gasteiger partial charge in [0, 0.05) is 11.5 Å². The summed E-state index contributed by atoms with van der Waals surface area (Å²) in [4.78, 5) is 14.8. The maximum atomic E-state index is 12.6. The fourth-order valence-electron chi connectivity index (χ4n) is 2.91. The summed E-state index contributed by atoms with van der Waals surface area (Å²) < 4.78 is 11.0. The van der Waals surface area contributed by atoms with Gasteiger partial charge in [-0.2, -0.15) is 0 Å². The highest BCUT2D eigenvalue weighted by molar-refractivity contribution is 5.98. The Balaban J connectivity index is 1.67. The van der Waals surface area contributed by atoms with E-state index in [0.29, 0.717) is 25.5 Å². The normalized spacial score (nSPS) is 19.0. The third-order valence-electron chi connectivity index (χ3n) is 4.10. The Kier molecular flexibility index (Phi) is 4.12. The first-order valence-corrected chi connectivity index (χ1v) is 7.37. The van der Waals surface area contributed by atoms with E-state index in [4.69, 9.17) is 15.9 Å². The standard InChI is InChI=1S/C17H19NO3/c1-2-7-18-8-5-13(6-9-18)17(19)14-3-4-15-16(12-14)21-11-10-20-15/h1,3-4,12-13H,5-11H2. The minimum atomic E-state index is 0.0848. The van der Waals surface area contributed by atoms with Crippen LogP contribution in [0.15, 0.2) is 18.2 Å². The predicted molar refractivity (Wildman–Crippen MR) is 79.8 cm³/mol. The highest BCUT2D eigenvalue weighted by Gasteiger charge is 2.26. The van der Waals surface area contributed by atoms with Gasteiger partial charge >= 0.3 is 0 Å². The van der Waals surface area contributed by atoms with Crippen LogP contribution in [-0.4, -0.2) is 43.5 Å². The summed E-state index contributed by atoms with van der Waals surface area (Å²) in [6.45, 7) is 3.56. The van der Waals surface area contributed by atoms with Crippen LogP contribution in [0.3, 0.4) is 0 Å². The average molecular weight is 285 g/mol. The van der Waals surface area contributed by atoms with Gasteiger partial charge in [0.15, 0.2) is 17.3 Å². The maximum Gasteiger partial charge on any atom is 0.166 e. The van der Waals surface area contributed by atoms with Crippen LogP contribution in [0.5, 0.6) is 11.5 Å². The van der Waals surface area contributed by atoms with Crippen molar-refractivity contribution < 1.29 is 14.3 Å². The summed E-state index contributed by atoms with van der Waals surface area (Å²) in [6, 6.07) is 5.48. The van der Waals surface area contributed by atoms with Gasteiger partial charge in [-0.25, -0.2) is 0 Å².